The number of likely N-dealkylation sites (tertiary alicyclic amines) is 2. The van der Waals surface area contributed by atoms with Crippen molar-refractivity contribution in [3.63, 3.8) is 0 Å². The Morgan fingerprint density at radius 3 is 2.45 bits per heavy atom. The number of nitrogens with zero attached hydrogens (tertiary/aromatic N) is 4. The molecule has 2 aliphatic rings. The van der Waals surface area contributed by atoms with Gasteiger partial charge in [0.15, 0.2) is 0 Å². The third kappa shape index (κ3) is 2.45. The molecule has 0 aromatic carbocycles. The normalized spacial score (nSPS) is 26.1. The van der Waals surface area contributed by atoms with Gasteiger partial charge < -0.3 is 9.80 Å². The molecule has 2 fully saturated rings. The van der Waals surface area contributed by atoms with E-state index in [4.69, 9.17) is 0 Å². The number of hydrogen-bond donors (Lipinski definition) is 0. The first kappa shape index (κ1) is 15.5. The number of amides is 1. The predicted octanol–water partition coefficient (Wildman–Crippen LogP) is 2.22. The smallest absolute Gasteiger partial charge is 0.257 e. The first-order valence-electron chi connectivity index (χ1n) is 8.59. The van der Waals surface area contributed by atoms with Gasteiger partial charge in [-0.3, -0.25) is 9.48 Å². The van der Waals surface area contributed by atoms with Gasteiger partial charge in [-0.25, -0.2) is 0 Å². The number of rotatable bonds is 3. The zero-order valence-corrected chi connectivity index (χ0v) is 14.3. The second-order valence-electron chi connectivity index (χ2n) is 6.76. The molecule has 5 heteroatoms. The maximum Gasteiger partial charge on any atom is 0.257 e. The van der Waals surface area contributed by atoms with E-state index in [1.54, 1.807) is 0 Å². The summed E-state index contributed by atoms with van der Waals surface area (Å²) < 4.78 is 1.94. The monoisotopic (exact) mass is 304 g/mol. The van der Waals surface area contributed by atoms with Gasteiger partial charge in [-0.2, -0.15) is 5.10 Å². The van der Waals surface area contributed by atoms with E-state index in [0.717, 1.165) is 49.4 Å². The summed E-state index contributed by atoms with van der Waals surface area (Å²) in [6.07, 6.45) is 4.74. The van der Waals surface area contributed by atoms with E-state index >= 15 is 0 Å². The molecule has 0 aliphatic carbocycles. The molecule has 122 valence electrons. The van der Waals surface area contributed by atoms with Crippen LogP contribution in [0.25, 0.3) is 0 Å². The van der Waals surface area contributed by atoms with Crippen LogP contribution in [0, 0.1) is 13.8 Å². The maximum atomic E-state index is 13.1. The Balaban J connectivity index is 1.86. The molecular formula is C17H28N4O. The van der Waals surface area contributed by atoms with Crippen LogP contribution in [0.2, 0.25) is 0 Å². The molecule has 0 radical (unpaired) electrons. The lowest BCUT2D eigenvalue weighted by atomic mass is 10.0. The molecule has 3 rings (SSSR count). The third-order valence-electron chi connectivity index (χ3n) is 5.48. The fourth-order valence-electron chi connectivity index (χ4n) is 4.32. The van der Waals surface area contributed by atoms with E-state index in [-0.39, 0.29) is 5.91 Å². The van der Waals surface area contributed by atoms with Crippen LogP contribution in [0.4, 0.5) is 0 Å². The van der Waals surface area contributed by atoms with Crippen LogP contribution in [-0.4, -0.2) is 57.7 Å². The molecule has 3 heterocycles. The standard InChI is InChI=1S/C17H28N4O/c1-5-21-13(3)16(12(2)18-21)17(22)20-11-7-9-15(20)14-8-6-10-19(14)4/h14-15H,5-11H2,1-4H3/t14-,15-/m0/s1. The molecule has 2 atom stereocenters. The van der Waals surface area contributed by atoms with E-state index in [1.807, 2.05) is 18.5 Å². The zero-order chi connectivity index (χ0) is 15.9. The van der Waals surface area contributed by atoms with Crippen molar-refractivity contribution in [1.29, 1.82) is 0 Å². The van der Waals surface area contributed by atoms with Crippen LogP contribution in [0.15, 0.2) is 0 Å². The summed E-state index contributed by atoms with van der Waals surface area (Å²) >= 11 is 0. The van der Waals surface area contributed by atoms with Crippen LogP contribution in [-0.2, 0) is 6.54 Å². The molecular weight excluding hydrogens is 276 g/mol. The van der Waals surface area contributed by atoms with Gasteiger partial charge in [0.1, 0.15) is 0 Å². The van der Waals surface area contributed by atoms with Gasteiger partial charge in [-0.15, -0.1) is 0 Å². The second kappa shape index (κ2) is 6.03. The molecule has 2 saturated heterocycles. The van der Waals surface area contributed by atoms with Crippen LogP contribution >= 0.6 is 0 Å². The Morgan fingerprint density at radius 2 is 1.86 bits per heavy atom. The van der Waals surface area contributed by atoms with Crippen LogP contribution in [0.3, 0.4) is 0 Å². The van der Waals surface area contributed by atoms with Gasteiger partial charge in [-0.1, -0.05) is 0 Å². The Kier molecular flexibility index (Phi) is 4.26. The number of carbonyl (C=O) groups is 1. The average Bonchev–Trinajstić information content (AvgIpc) is 3.17. The van der Waals surface area contributed by atoms with Crippen molar-refractivity contribution >= 4 is 5.91 Å². The topological polar surface area (TPSA) is 41.4 Å². The first-order chi connectivity index (χ1) is 10.5. The minimum Gasteiger partial charge on any atom is -0.334 e. The molecule has 0 spiro atoms. The van der Waals surface area contributed by atoms with Crippen molar-refractivity contribution in [2.75, 3.05) is 20.1 Å². The molecule has 0 bridgehead atoms. The fraction of sp³-hybridized carbons (Fsp3) is 0.765. The van der Waals surface area contributed by atoms with Crippen molar-refractivity contribution in [2.24, 2.45) is 0 Å². The van der Waals surface area contributed by atoms with E-state index < -0.39 is 0 Å². The number of aryl methyl sites for hydroxylation is 2. The van der Waals surface area contributed by atoms with Gasteiger partial charge in [0, 0.05) is 30.9 Å². The second-order valence-corrected chi connectivity index (χ2v) is 6.76. The van der Waals surface area contributed by atoms with E-state index in [9.17, 15) is 4.79 Å². The summed E-state index contributed by atoms with van der Waals surface area (Å²) in [4.78, 5) is 17.7. The average molecular weight is 304 g/mol. The molecule has 0 saturated carbocycles. The lowest BCUT2D eigenvalue weighted by molar-refractivity contribution is 0.0663. The molecule has 1 aromatic heterocycles. The van der Waals surface area contributed by atoms with Crippen molar-refractivity contribution < 1.29 is 4.79 Å². The zero-order valence-electron chi connectivity index (χ0n) is 14.3. The minimum atomic E-state index is 0.192. The largest absolute Gasteiger partial charge is 0.334 e. The highest BCUT2D eigenvalue weighted by Crippen LogP contribution is 2.31. The molecule has 0 unspecified atom stereocenters. The number of likely N-dealkylation sites (N-methyl/N-ethyl adjacent to an activating group) is 1. The van der Waals surface area contributed by atoms with E-state index in [2.05, 4.69) is 28.9 Å². The minimum absolute atomic E-state index is 0.192. The highest BCUT2D eigenvalue weighted by atomic mass is 16.2. The lowest BCUT2D eigenvalue weighted by Crippen LogP contribution is -2.47. The first-order valence-corrected chi connectivity index (χ1v) is 8.59. The third-order valence-corrected chi connectivity index (χ3v) is 5.48. The summed E-state index contributed by atoms with van der Waals surface area (Å²) in [5.41, 5.74) is 2.71. The fourth-order valence-corrected chi connectivity index (χ4v) is 4.32. The van der Waals surface area contributed by atoms with Gasteiger partial charge in [0.05, 0.1) is 11.3 Å². The summed E-state index contributed by atoms with van der Waals surface area (Å²) in [5.74, 6) is 0.192. The number of hydrogen-bond acceptors (Lipinski definition) is 3. The summed E-state index contributed by atoms with van der Waals surface area (Å²) in [7, 11) is 2.20. The summed E-state index contributed by atoms with van der Waals surface area (Å²) in [6.45, 7) is 8.91. The van der Waals surface area contributed by atoms with Crippen molar-refractivity contribution in [2.45, 2.75) is 65.1 Å². The predicted molar refractivity (Wildman–Crippen MR) is 87.1 cm³/mol. The van der Waals surface area contributed by atoms with Crippen LogP contribution in [0.5, 0.6) is 0 Å². The van der Waals surface area contributed by atoms with Crippen LogP contribution in [0.1, 0.15) is 54.4 Å². The highest BCUT2D eigenvalue weighted by molar-refractivity contribution is 5.96. The molecule has 1 aromatic rings. The summed E-state index contributed by atoms with van der Waals surface area (Å²) in [6, 6.07) is 0.914. The molecule has 22 heavy (non-hydrogen) atoms. The number of aromatic nitrogens is 2. The van der Waals surface area contributed by atoms with Gasteiger partial charge >= 0.3 is 0 Å². The van der Waals surface area contributed by atoms with E-state index in [0.29, 0.717) is 12.1 Å². The summed E-state index contributed by atoms with van der Waals surface area (Å²) in [5, 5.41) is 4.52. The molecule has 2 aliphatic heterocycles. The quantitative estimate of drug-likeness (QED) is 0.860. The van der Waals surface area contributed by atoms with E-state index in [1.165, 1.54) is 12.8 Å². The van der Waals surface area contributed by atoms with Gasteiger partial charge in [-0.05, 0) is 60.0 Å². The highest BCUT2D eigenvalue weighted by Gasteiger charge is 2.39. The Labute approximate surface area is 133 Å². The Hall–Kier alpha value is -1.36. The SMILES string of the molecule is CCn1nc(C)c(C(=O)N2CCC[C@H]2[C@@H]2CCCN2C)c1C. The molecule has 1 amide bonds. The molecule has 0 N–H and O–H groups in total. The molecule has 5 nitrogen and oxygen atoms in total. The van der Waals surface area contributed by atoms with Crippen LogP contribution < -0.4 is 0 Å². The van der Waals surface area contributed by atoms with Crippen molar-refractivity contribution in [3.8, 4) is 0 Å². The Bertz CT molecular complexity index is 565. The van der Waals surface area contributed by atoms with Gasteiger partial charge in [0.25, 0.3) is 5.91 Å². The van der Waals surface area contributed by atoms with Gasteiger partial charge in [0.2, 0.25) is 0 Å². The maximum absolute atomic E-state index is 13.1. The van der Waals surface area contributed by atoms with Crippen molar-refractivity contribution in [1.82, 2.24) is 19.6 Å². The lowest BCUT2D eigenvalue weighted by Gasteiger charge is -2.33. The number of carbonyl (C=O) groups excluding carboxylic acids is 1. The van der Waals surface area contributed by atoms with Crippen molar-refractivity contribution in [3.05, 3.63) is 17.0 Å². The Morgan fingerprint density at radius 1 is 1.18 bits per heavy atom.